The SMILES string of the molecule is Cc1cccc(C(=O)N2CCC[C@]3(C(=O)N(C)C)CN(Cc4cnn(C)c4)C[C@@H]3C2)c1. The molecule has 31 heavy (non-hydrogen) atoms. The number of hydrogen-bond donors (Lipinski definition) is 0. The summed E-state index contributed by atoms with van der Waals surface area (Å²) in [5, 5.41) is 4.28. The van der Waals surface area contributed by atoms with Crippen molar-refractivity contribution in [3.63, 3.8) is 0 Å². The van der Waals surface area contributed by atoms with Crippen molar-refractivity contribution in [3.05, 3.63) is 53.3 Å². The van der Waals surface area contributed by atoms with Crippen LogP contribution in [0.25, 0.3) is 0 Å². The van der Waals surface area contributed by atoms with Gasteiger partial charge in [0.05, 0.1) is 11.6 Å². The van der Waals surface area contributed by atoms with Crippen LogP contribution in [0.4, 0.5) is 0 Å². The van der Waals surface area contributed by atoms with Gasteiger partial charge in [0.25, 0.3) is 5.91 Å². The van der Waals surface area contributed by atoms with Gasteiger partial charge in [-0.15, -0.1) is 0 Å². The average molecular weight is 424 g/mol. The van der Waals surface area contributed by atoms with Crippen molar-refractivity contribution in [2.75, 3.05) is 40.3 Å². The fourth-order valence-corrected chi connectivity index (χ4v) is 5.41. The van der Waals surface area contributed by atoms with Gasteiger partial charge in [-0.05, 0) is 31.9 Å². The monoisotopic (exact) mass is 423 g/mol. The highest BCUT2D eigenvalue weighted by Crippen LogP contribution is 2.44. The van der Waals surface area contributed by atoms with E-state index in [1.54, 1.807) is 4.90 Å². The summed E-state index contributed by atoms with van der Waals surface area (Å²) in [6, 6.07) is 7.79. The molecule has 3 heterocycles. The number of hydrogen-bond acceptors (Lipinski definition) is 4. The Labute approximate surface area is 184 Å². The molecule has 2 fully saturated rings. The summed E-state index contributed by atoms with van der Waals surface area (Å²) >= 11 is 0. The third kappa shape index (κ3) is 4.24. The predicted molar refractivity (Wildman–Crippen MR) is 119 cm³/mol. The van der Waals surface area contributed by atoms with Crippen LogP contribution in [0.5, 0.6) is 0 Å². The number of carbonyl (C=O) groups is 2. The third-order valence-corrected chi connectivity index (χ3v) is 6.81. The second-order valence-corrected chi connectivity index (χ2v) is 9.47. The number of fused-ring (bicyclic) bond motifs is 1. The zero-order valence-corrected chi connectivity index (χ0v) is 19.0. The lowest BCUT2D eigenvalue weighted by atomic mass is 9.74. The van der Waals surface area contributed by atoms with E-state index in [0.717, 1.165) is 49.2 Å². The molecule has 1 aromatic heterocycles. The zero-order valence-electron chi connectivity index (χ0n) is 19.0. The van der Waals surface area contributed by atoms with E-state index in [2.05, 4.69) is 10.00 Å². The molecule has 2 saturated heterocycles. The molecule has 0 spiro atoms. The maximum absolute atomic E-state index is 13.4. The largest absolute Gasteiger partial charge is 0.348 e. The number of carbonyl (C=O) groups excluding carboxylic acids is 2. The van der Waals surface area contributed by atoms with Crippen molar-refractivity contribution in [2.24, 2.45) is 18.4 Å². The molecule has 7 heteroatoms. The molecule has 7 nitrogen and oxygen atoms in total. The van der Waals surface area contributed by atoms with Crippen LogP contribution >= 0.6 is 0 Å². The summed E-state index contributed by atoms with van der Waals surface area (Å²) in [6.07, 6.45) is 5.58. The van der Waals surface area contributed by atoms with E-state index in [-0.39, 0.29) is 17.7 Å². The number of aryl methyl sites for hydroxylation is 2. The van der Waals surface area contributed by atoms with E-state index >= 15 is 0 Å². The number of likely N-dealkylation sites (tertiary alicyclic amines) is 2. The van der Waals surface area contributed by atoms with Crippen molar-refractivity contribution < 1.29 is 9.59 Å². The van der Waals surface area contributed by atoms with Gasteiger partial charge in [-0.3, -0.25) is 19.2 Å². The Morgan fingerprint density at radius 2 is 2.06 bits per heavy atom. The molecule has 0 bridgehead atoms. The Morgan fingerprint density at radius 3 is 2.74 bits per heavy atom. The molecule has 1 aromatic carbocycles. The standard InChI is InChI=1S/C24H33N5O2/c1-18-7-5-8-20(11-18)22(30)29-10-6-9-24(23(31)26(2)3)17-28(15-21(24)16-29)14-19-12-25-27(4)13-19/h5,7-8,11-13,21H,6,9-10,14-17H2,1-4H3/t21-,24+/m1/s1. The molecular weight excluding hydrogens is 390 g/mol. The number of nitrogens with zero attached hydrogens (tertiary/aromatic N) is 5. The highest BCUT2D eigenvalue weighted by Gasteiger charge is 2.53. The average Bonchev–Trinajstić information content (AvgIpc) is 3.24. The van der Waals surface area contributed by atoms with E-state index < -0.39 is 5.41 Å². The molecule has 2 atom stereocenters. The number of benzene rings is 1. The highest BCUT2D eigenvalue weighted by atomic mass is 16.2. The smallest absolute Gasteiger partial charge is 0.253 e. The maximum Gasteiger partial charge on any atom is 0.253 e. The van der Waals surface area contributed by atoms with Crippen LogP contribution in [0.15, 0.2) is 36.7 Å². The van der Waals surface area contributed by atoms with Crippen molar-refractivity contribution in [1.82, 2.24) is 24.5 Å². The van der Waals surface area contributed by atoms with Gasteiger partial charge in [-0.2, -0.15) is 5.10 Å². The molecular formula is C24H33N5O2. The number of aromatic nitrogens is 2. The van der Waals surface area contributed by atoms with Gasteiger partial charge in [0, 0.05) is 77.1 Å². The minimum absolute atomic E-state index is 0.0718. The molecule has 166 valence electrons. The van der Waals surface area contributed by atoms with Gasteiger partial charge in [0.15, 0.2) is 0 Å². The maximum atomic E-state index is 13.4. The van der Waals surface area contributed by atoms with Gasteiger partial charge in [0.2, 0.25) is 5.91 Å². The highest BCUT2D eigenvalue weighted by molar-refractivity contribution is 5.94. The molecule has 4 rings (SSSR count). The summed E-state index contributed by atoms with van der Waals surface area (Å²) < 4.78 is 1.81. The van der Waals surface area contributed by atoms with Gasteiger partial charge >= 0.3 is 0 Å². The first-order chi connectivity index (χ1) is 14.8. The molecule has 2 aliphatic rings. The zero-order chi connectivity index (χ0) is 22.2. The van der Waals surface area contributed by atoms with Gasteiger partial charge in [-0.25, -0.2) is 0 Å². The first-order valence-electron chi connectivity index (χ1n) is 11.1. The van der Waals surface area contributed by atoms with Crippen molar-refractivity contribution >= 4 is 11.8 Å². The van der Waals surface area contributed by atoms with E-state index in [1.807, 2.05) is 74.3 Å². The minimum Gasteiger partial charge on any atom is -0.348 e. The Balaban J connectivity index is 1.58. The summed E-state index contributed by atoms with van der Waals surface area (Å²) in [7, 11) is 5.61. The molecule has 0 saturated carbocycles. The molecule has 0 unspecified atom stereocenters. The molecule has 0 radical (unpaired) electrons. The van der Waals surface area contributed by atoms with E-state index in [9.17, 15) is 9.59 Å². The van der Waals surface area contributed by atoms with Crippen LogP contribution in [0.3, 0.4) is 0 Å². The lowest BCUT2D eigenvalue weighted by molar-refractivity contribution is -0.141. The topological polar surface area (TPSA) is 61.7 Å². The minimum atomic E-state index is -0.437. The van der Waals surface area contributed by atoms with E-state index in [1.165, 1.54) is 0 Å². The van der Waals surface area contributed by atoms with Gasteiger partial charge < -0.3 is 9.80 Å². The quantitative estimate of drug-likeness (QED) is 0.756. The summed E-state index contributed by atoms with van der Waals surface area (Å²) in [4.78, 5) is 32.8. The molecule has 0 N–H and O–H groups in total. The number of rotatable bonds is 4. The predicted octanol–water partition coefficient (Wildman–Crippen LogP) is 2.17. The molecule has 2 amide bonds. The Kier molecular flexibility index (Phi) is 5.88. The summed E-state index contributed by atoms with van der Waals surface area (Å²) in [5.74, 6) is 0.383. The Morgan fingerprint density at radius 1 is 1.26 bits per heavy atom. The van der Waals surface area contributed by atoms with Crippen molar-refractivity contribution in [3.8, 4) is 0 Å². The van der Waals surface area contributed by atoms with Crippen LogP contribution < -0.4 is 0 Å². The first kappa shape index (κ1) is 21.6. The first-order valence-corrected chi connectivity index (χ1v) is 11.1. The molecule has 2 aromatic rings. The Hall–Kier alpha value is -2.67. The molecule has 0 aliphatic carbocycles. The van der Waals surface area contributed by atoms with Crippen LogP contribution in [0.2, 0.25) is 0 Å². The van der Waals surface area contributed by atoms with Crippen LogP contribution in [0, 0.1) is 18.3 Å². The summed E-state index contributed by atoms with van der Waals surface area (Å²) in [5.41, 5.74) is 2.53. The van der Waals surface area contributed by atoms with Gasteiger partial charge in [0.1, 0.15) is 0 Å². The second kappa shape index (κ2) is 8.46. The fourth-order valence-electron chi connectivity index (χ4n) is 5.41. The molecule has 2 aliphatic heterocycles. The normalized spacial score (nSPS) is 24.0. The Bertz CT molecular complexity index is 968. The van der Waals surface area contributed by atoms with E-state index in [4.69, 9.17) is 0 Å². The van der Waals surface area contributed by atoms with Crippen LogP contribution in [-0.2, 0) is 18.4 Å². The third-order valence-electron chi connectivity index (χ3n) is 6.81. The van der Waals surface area contributed by atoms with Crippen molar-refractivity contribution in [1.29, 1.82) is 0 Å². The van der Waals surface area contributed by atoms with Crippen LogP contribution in [0.1, 0.15) is 34.3 Å². The van der Waals surface area contributed by atoms with Crippen LogP contribution in [-0.4, -0.2) is 76.6 Å². The second-order valence-electron chi connectivity index (χ2n) is 9.47. The number of amides is 2. The van der Waals surface area contributed by atoms with Gasteiger partial charge in [-0.1, -0.05) is 17.7 Å². The lowest BCUT2D eigenvalue weighted by Gasteiger charge is -2.35. The van der Waals surface area contributed by atoms with E-state index in [0.29, 0.717) is 13.1 Å². The fraction of sp³-hybridized carbons (Fsp3) is 0.542. The summed E-state index contributed by atoms with van der Waals surface area (Å²) in [6.45, 7) is 5.65. The van der Waals surface area contributed by atoms with Crippen molar-refractivity contribution in [2.45, 2.75) is 26.3 Å². The lowest BCUT2D eigenvalue weighted by Crippen LogP contribution is -2.47.